The first-order valence-electron chi connectivity index (χ1n) is 13.7. The fourth-order valence-electron chi connectivity index (χ4n) is 4.72. The van der Waals surface area contributed by atoms with Crippen LogP contribution in [0.15, 0.2) is 24.4 Å². The molecule has 226 valence electrons. The summed E-state index contributed by atoms with van der Waals surface area (Å²) >= 11 is 0. The molecule has 1 aromatic carbocycles. The van der Waals surface area contributed by atoms with Crippen molar-refractivity contribution in [3.63, 3.8) is 0 Å². The molecule has 2 heterocycles. The number of rotatable bonds is 11. The second-order valence-electron chi connectivity index (χ2n) is 10.8. The Labute approximate surface area is 235 Å². The quantitative estimate of drug-likeness (QED) is 0.316. The van der Waals surface area contributed by atoms with Crippen molar-refractivity contribution in [1.82, 2.24) is 25.5 Å². The molecule has 1 fully saturated rings. The Morgan fingerprint density at radius 2 is 1.80 bits per heavy atom. The minimum absolute atomic E-state index is 0.0207. The Hall–Kier alpha value is -3.51. The molecule has 1 aliphatic rings. The maximum Gasteiger partial charge on any atom is 0.408 e. The molecule has 0 radical (unpaired) electrons. The zero-order chi connectivity index (χ0) is 30.3. The second-order valence-corrected chi connectivity index (χ2v) is 10.8. The highest BCUT2D eigenvalue weighted by Gasteiger charge is 2.46. The number of amides is 3. The van der Waals surface area contributed by atoms with Crippen LogP contribution in [0.1, 0.15) is 77.6 Å². The van der Waals surface area contributed by atoms with E-state index in [2.05, 4.69) is 20.6 Å². The van der Waals surface area contributed by atoms with E-state index in [1.54, 1.807) is 6.92 Å². The average Bonchev–Trinajstić information content (AvgIpc) is 3.39. The second kappa shape index (κ2) is 13.9. The fraction of sp³-hybridized carbons (Fsp3) is 0.571. The summed E-state index contributed by atoms with van der Waals surface area (Å²) in [5.74, 6) is -2.86. The number of nitrogens with one attached hydrogen (secondary N) is 3. The van der Waals surface area contributed by atoms with Crippen molar-refractivity contribution in [2.75, 3.05) is 6.54 Å². The molecule has 3 atom stereocenters. The first-order valence-corrected chi connectivity index (χ1v) is 13.7. The highest BCUT2D eigenvalue weighted by Crippen LogP contribution is 2.32. The Kier molecular flexibility index (Phi) is 10.9. The molecule has 1 saturated heterocycles. The maximum absolute atomic E-state index is 14.2. The summed E-state index contributed by atoms with van der Waals surface area (Å²) in [5, 5.41) is 5.30. The van der Waals surface area contributed by atoms with Gasteiger partial charge in [-0.1, -0.05) is 13.8 Å². The predicted octanol–water partition coefficient (Wildman–Crippen LogP) is 5.18. The lowest BCUT2D eigenvalue weighted by Gasteiger charge is -2.37. The fourth-order valence-corrected chi connectivity index (χ4v) is 4.72. The number of alkyl halides is 3. The topological polar surface area (TPSA) is 107 Å². The molecule has 1 aromatic heterocycles. The number of hydrogen-bond acceptors (Lipinski definition) is 4. The van der Waals surface area contributed by atoms with Gasteiger partial charge >= 0.3 is 6.18 Å². The molecule has 3 rings (SSSR count). The third kappa shape index (κ3) is 8.99. The van der Waals surface area contributed by atoms with Crippen molar-refractivity contribution in [3.05, 3.63) is 41.9 Å². The van der Waals surface area contributed by atoms with Crippen LogP contribution < -0.4 is 10.6 Å². The van der Waals surface area contributed by atoms with Crippen molar-refractivity contribution in [2.45, 2.75) is 90.0 Å². The molecule has 13 heteroatoms. The van der Waals surface area contributed by atoms with E-state index >= 15 is 0 Å². The normalized spacial score (nSPS) is 17.3. The molecular weight excluding hydrogens is 549 g/mol. The summed E-state index contributed by atoms with van der Waals surface area (Å²) in [6.45, 7) is 5.44. The lowest BCUT2D eigenvalue weighted by atomic mass is 10.00. The number of aromatic nitrogens is 2. The highest BCUT2D eigenvalue weighted by molar-refractivity contribution is 5.88. The van der Waals surface area contributed by atoms with Gasteiger partial charge in [0, 0.05) is 31.0 Å². The van der Waals surface area contributed by atoms with Gasteiger partial charge in [0.1, 0.15) is 29.5 Å². The number of carbonyl (C=O) groups excluding carboxylic acids is 3. The van der Waals surface area contributed by atoms with Crippen LogP contribution in [0.3, 0.4) is 0 Å². The van der Waals surface area contributed by atoms with Gasteiger partial charge in [0.25, 0.3) is 0 Å². The summed E-state index contributed by atoms with van der Waals surface area (Å²) in [5.41, 5.74) is 0.329. The van der Waals surface area contributed by atoms with E-state index in [-0.39, 0.29) is 55.2 Å². The summed E-state index contributed by atoms with van der Waals surface area (Å²) < 4.78 is 67.9. The van der Waals surface area contributed by atoms with E-state index in [0.717, 1.165) is 17.0 Å². The largest absolute Gasteiger partial charge is 0.408 e. The van der Waals surface area contributed by atoms with Gasteiger partial charge in [-0.3, -0.25) is 14.4 Å². The third-order valence-electron chi connectivity index (χ3n) is 7.03. The van der Waals surface area contributed by atoms with E-state index in [0.29, 0.717) is 19.3 Å². The summed E-state index contributed by atoms with van der Waals surface area (Å²) in [4.78, 5) is 46.4. The third-order valence-corrected chi connectivity index (χ3v) is 7.03. The van der Waals surface area contributed by atoms with Crippen LogP contribution in [0, 0.1) is 17.6 Å². The lowest BCUT2D eigenvalue weighted by molar-refractivity contribution is -0.196. The van der Waals surface area contributed by atoms with Gasteiger partial charge < -0.3 is 20.5 Å². The number of halogens is 5. The number of aromatic amines is 1. The Morgan fingerprint density at radius 3 is 2.46 bits per heavy atom. The SMILES string of the molecule is CC(C)CCC(=O)N[C@@H](CCC(=O)N1CCCC[C@@H]1C(F)(F)F)C(=O)N[C@@H](C)c1ncc(-c2ccc(F)cc2F)[nH]1. The Bertz CT molecular complexity index is 1220. The van der Waals surface area contributed by atoms with Crippen LogP contribution in [0.25, 0.3) is 11.3 Å². The highest BCUT2D eigenvalue weighted by atomic mass is 19.4. The van der Waals surface area contributed by atoms with Crippen LogP contribution in [0.2, 0.25) is 0 Å². The molecule has 41 heavy (non-hydrogen) atoms. The molecule has 8 nitrogen and oxygen atoms in total. The molecule has 0 spiro atoms. The van der Waals surface area contributed by atoms with E-state index in [4.69, 9.17) is 0 Å². The maximum atomic E-state index is 14.2. The Balaban J connectivity index is 1.70. The zero-order valence-corrected chi connectivity index (χ0v) is 23.3. The molecule has 2 aromatic rings. The van der Waals surface area contributed by atoms with Crippen LogP contribution in [0.5, 0.6) is 0 Å². The minimum Gasteiger partial charge on any atom is -0.345 e. The smallest absolute Gasteiger partial charge is 0.345 e. The molecule has 0 saturated carbocycles. The van der Waals surface area contributed by atoms with Crippen molar-refractivity contribution in [1.29, 1.82) is 0 Å². The molecule has 1 aliphatic heterocycles. The first kappa shape index (κ1) is 32.0. The number of H-pyrrole nitrogens is 1. The number of nitrogens with zero attached hydrogens (tertiary/aromatic N) is 2. The molecule has 0 aliphatic carbocycles. The standard InChI is InChI=1S/C28H36F5N5O3/c1-16(2)7-11-24(39)36-21(10-12-25(40)38-13-5-4-6-23(38)28(31,32)33)27(41)35-17(3)26-34-15-22(37-26)19-9-8-18(29)14-20(19)30/h8-9,14-17,21,23H,4-7,10-13H2,1-3H3,(H,34,37)(H,35,41)(H,36,39)/t17-,21-,23+/m0/s1. The van der Waals surface area contributed by atoms with Crippen LogP contribution in [-0.2, 0) is 14.4 Å². The van der Waals surface area contributed by atoms with Crippen molar-refractivity contribution in [2.24, 2.45) is 5.92 Å². The van der Waals surface area contributed by atoms with Gasteiger partial charge in [-0.25, -0.2) is 13.8 Å². The summed E-state index contributed by atoms with van der Waals surface area (Å²) in [7, 11) is 0. The molecule has 0 unspecified atom stereocenters. The van der Waals surface area contributed by atoms with Gasteiger partial charge in [-0.2, -0.15) is 13.2 Å². The minimum atomic E-state index is -4.55. The van der Waals surface area contributed by atoms with E-state index < -0.39 is 53.7 Å². The van der Waals surface area contributed by atoms with Gasteiger partial charge in [-0.15, -0.1) is 0 Å². The monoisotopic (exact) mass is 585 g/mol. The molecule has 3 N–H and O–H groups in total. The summed E-state index contributed by atoms with van der Waals surface area (Å²) in [6, 6.07) is -0.720. The van der Waals surface area contributed by atoms with Crippen molar-refractivity contribution < 1.29 is 36.3 Å². The summed E-state index contributed by atoms with van der Waals surface area (Å²) in [6.07, 6.45) is -2.43. The van der Waals surface area contributed by atoms with Crippen molar-refractivity contribution in [3.8, 4) is 11.3 Å². The Morgan fingerprint density at radius 1 is 1.07 bits per heavy atom. The van der Waals surface area contributed by atoms with Gasteiger partial charge in [0.15, 0.2) is 0 Å². The van der Waals surface area contributed by atoms with Gasteiger partial charge in [0.2, 0.25) is 17.7 Å². The number of piperidine rings is 1. The number of hydrogen-bond donors (Lipinski definition) is 3. The van der Waals surface area contributed by atoms with Gasteiger partial charge in [-0.05, 0) is 57.1 Å². The molecule has 0 bridgehead atoms. The van der Waals surface area contributed by atoms with Crippen LogP contribution in [-0.4, -0.2) is 57.4 Å². The zero-order valence-electron chi connectivity index (χ0n) is 23.3. The number of carbonyl (C=O) groups is 3. The van der Waals surface area contributed by atoms with Gasteiger partial charge in [0.05, 0.1) is 17.9 Å². The van der Waals surface area contributed by atoms with Crippen LogP contribution >= 0.6 is 0 Å². The molecule has 3 amide bonds. The van der Waals surface area contributed by atoms with E-state index in [1.807, 2.05) is 13.8 Å². The predicted molar refractivity (Wildman–Crippen MR) is 141 cm³/mol. The van der Waals surface area contributed by atoms with Crippen molar-refractivity contribution >= 4 is 17.7 Å². The number of likely N-dealkylation sites (tertiary alicyclic amines) is 1. The number of benzene rings is 1. The van der Waals surface area contributed by atoms with Crippen LogP contribution in [0.4, 0.5) is 22.0 Å². The average molecular weight is 586 g/mol. The van der Waals surface area contributed by atoms with E-state index in [1.165, 1.54) is 12.3 Å². The lowest BCUT2D eigenvalue weighted by Crippen LogP contribution is -2.52. The van der Waals surface area contributed by atoms with E-state index in [9.17, 15) is 36.3 Å². The number of imidazole rings is 1. The molecular formula is C28H36F5N5O3. The first-order chi connectivity index (χ1) is 19.3.